The Morgan fingerprint density at radius 1 is 1.09 bits per heavy atom. The van der Waals surface area contributed by atoms with Gasteiger partial charge in [-0.25, -0.2) is 4.79 Å². The predicted octanol–water partition coefficient (Wildman–Crippen LogP) is 5.54. The zero-order valence-corrected chi connectivity index (χ0v) is 19.1. The molecule has 3 amide bonds. The number of nitrogens with one attached hydrogen (secondary N) is 2. The Bertz CT molecular complexity index is 1210. The molecule has 0 aromatic heterocycles. The number of fused-ring (bicyclic) bond motifs is 4. The van der Waals surface area contributed by atoms with Crippen LogP contribution in [0.3, 0.4) is 0 Å². The van der Waals surface area contributed by atoms with Gasteiger partial charge in [-0.15, -0.1) is 0 Å². The number of nitrogens with zero attached hydrogens (tertiary/aromatic N) is 1. The summed E-state index contributed by atoms with van der Waals surface area (Å²) in [4.78, 5) is 28.5. The van der Waals surface area contributed by atoms with Gasteiger partial charge in [0, 0.05) is 22.0 Å². The number of aryl methyl sites for hydroxylation is 1. The Morgan fingerprint density at radius 2 is 1.79 bits per heavy atom. The van der Waals surface area contributed by atoms with E-state index >= 15 is 0 Å². The third kappa shape index (κ3) is 3.60. The molecule has 1 fully saturated rings. The molecular weight excluding hydrogens is 438 g/mol. The van der Waals surface area contributed by atoms with Crippen molar-refractivity contribution in [1.29, 1.82) is 0 Å². The van der Waals surface area contributed by atoms with Crippen LogP contribution in [0.4, 0.5) is 16.2 Å². The molecule has 3 atom stereocenters. The molecule has 2 bridgehead atoms. The lowest BCUT2D eigenvalue weighted by molar-refractivity contribution is -0.131. The van der Waals surface area contributed by atoms with E-state index in [-0.39, 0.29) is 11.9 Å². The van der Waals surface area contributed by atoms with Gasteiger partial charge < -0.3 is 15.4 Å². The maximum atomic E-state index is 13.7. The lowest BCUT2D eigenvalue weighted by Crippen LogP contribution is -2.72. The van der Waals surface area contributed by atoms with Gasteiger partial charge in [-0.05, 0) is 61.4 Å². The van der Waals surface area contributed by atoms with Gasteiger partial charge in [0.2, 0.25) is 11.6 Å². The fourth-order valence-electron chi connectivity index (χ4n) is 4.75. The van der Waals surface area contributed by atoms with Crippen molar-refractivity contribution in [3.05, 3.63) is 88.9 Å². The SMILES string of the molecule is CCc1ccc(N2C(=O)NC3c4ccccc4OC2(C)C3C(=O)Nc2ccc(Cl)cc2)cc1. The number of carbonyl (C=O) groups excluding carboxylic acids is 2. The highest BCUT2D eigenvalue weighted by Crippen LogP contribution is 2.49. The van der Waals surface area contributed by atoms with Crippen molar-refractivity contribution in [2.75, 3.05) is 10.2 Å². The molecular formula is C26H24ClN3O3. The fourth-order valence-corrected chi connectivity index (χ4v) is 4.88. The second-order valence-electron chi connectivity index (χ2n) is 8.45. The Kier molecular flexibility index (Phi) is 5.25. The molecule has 3 aromatic rings. The summed E-state index contributed by atoms with van der Waals surface area (Å²) in [7, 11) is 0. The molecule has 3 aromatic carbocycles. The number of urea groups is 1. The fraction of sp³-hybridized carbons (Fsp3) is 0.231. The summed E-state index contributed by atoms with van der Waals surface area (Å²) in [6.45, 7) is 3.88. The third-order valence-corrected chi connectivity index (χ3v) is 6.66. The summed E-state index contributed by atoms with van der Waals surface area (Å²) in [5.74, 6) is -0.322. The first-order valence-corrected chi connectivity index (χ1v) is 11.3. The van der Waals surface area contributed by atoms with E-state index < -0.39 is 17.7 Å². The zero-order chi connectivity index (χ0) is 23.2. The third-order valence-electron chi connectivity index (χ3n) is 6.40. The summed E-state index contributed by atoms with van der Waals surface area (Å²) < 4.78 is 6.46. The molecule has 0 spiro atoms. The maximum absolute atomic E-state index is 13.7. The van der Waals surface area contributed by atoms with Crippen molar-refractivity contribution in [1.82, 2.24) is 5.32 Å². The van der Waals surface area contributed by atoms with E-state index in [4.69, 9.17) is 16.3 Å². The topological polar surface area (TPSA) is 70.7 Å². The Labute approximate surface area is 197 Å². The molecule has 6 nitrogen and oxygen atoms in total. The van der Waals surface area contributed by atoms with Crippen LogP contribution in [0.15, 0.2) is 72.8 Å². The molecule has 2 heterocycles. The molecule has 0 aliphatic carbocycles. The lowest BCUT2D eigenvalue weighted by Gasteiger charge is -2.54. The van der Waals surface area contributed by atoms with E-state index in [0.717, 1.165) is 17.5 Å². The first-order valence-electron chi connectivity index (χ1n) is 10.9. The zero-order valence-electron chi connectivity index (χ0n) is 18.3. The Balaban J connectivity index is 1.59. The number of carbonyl (C=O) groups is 2. The number of benzene rings is 3. The average molecular weight is 462 g/mol. The number of hydrogen-bond donors (Lipinski definition) is 2. The second-order valence-corrected chi connectivity index (χ2v) is 8.89. The summed E-state index contributed by atoms with van der Waals surface area (Å²) in [6, 6.07) is 21.3. The first-order chi connectivity index (χ1) is 15.9. The quantitative estimate of drug-likeness (QED) is 0.536. The van der Waals surface area contributed by atoms with Crippen LogP contribution >= 0.6 is 11.6 Å². The number of para-hydroxylation sites is 1. The van der Waals surface area contributed by atoms with Gasteiger partial charge in [0.1, 0.15) is 11.7 Å². The van der Waals surface area contributed by atoms with Crippen molar-refractivity contribution >= 4 is 34.9 Å². The number of amides is 3. The lowest BCUT2D eigenvalue weighted by atomic mass is 9.78. The van der Waals surface area contributed by atoms with Gasteiger partial charge in [0.15, 0.2) is 0 Å². The molecule has 7 heteroatoms. The molecule has 0 saturated carbocycles. The van der Waals surface area contributed by atoms with Gasteiger partial charge in [-0.1, -0.05) is 48.9 Å². The molecule has 33 heavy (non-hydrogen) atoms. The van der Waals surface area contributed by atoms with Crippen LogP contribution in [0, 0.1) is 5.92 Å². The van der Waals surface area contributed by atoms with Crippen LogP contribution in [-0.4, -0.2) is 17.7 Å². The number of rotatable bonds is 4. The number of ether oxygens (including phenoxy) is 1. The summed E-state index contributed by atoms with van der Waals surface area (Å²) in [5.41, 5.74) is 1.97. The Morgan fingerprint density at radius 3 is 2.48 bits per heavy atom. The number of halogens is 1. The van der Waals surface area contributed by atoms with E-state index in [1.54, 1.807) is 36.1 Å². The molecule has 2 N–H and O–H groups in total. The van der Waals surface area contributed by atoms with Crippen LogP contribution < -0.4 is 20.3 Å². The maximum Gasteiger partial charge on any atom is 0.325 e. The minimum absolute atomic E-state index is 0.255. The van der Waals surface area contributed by atoms with Gasteiger partial charge in [0.05, 0.1) is 6.04 Å². The molecule has 1 saturated heterocycles. The highest BCUT2D eigenvalue weighted by molar-refractivity contribution is 6.30. The van der Waals surface area contributed by atoms with E-state index in [1.807, 2.05) is 48.5 Å². The van der Waals surface area contributed by atoms with Gasteiger partial charge in [0.25, 0.3) is 0 Å². The molecule has 3 unspecified atom stereocenters. The molecule has 2 aliphatic heterocycles. The number of hydrogen-bond acceptors (Lipinski definition) is 3. The van der Waals surface area contributed by atoms with Gasteiger partial charge >= 0.3 is 6.03 Å². The van der Waals surface area contributed by atoms with E-state index in [9.17, 15) is 9.59 Å². The molecule has 0 radical (unpaired) electrons. The monoisotopic (exact) mass is 461 g/mol. The molecule has 2 aliphatic rings. The summed E-state index contributed by atoms with van der Waals surface area (Å²) in [6.07, 6.45) is 0.891. The van der Waals surface area contributed by atoms with E-state index in [2.05, 4.69) is 17.6 Å². The van der Waals surface area contributed by atoms with Gasteiger partial charge in [-0.3, -0.25) is 9.69 Å². The van der Waals surface area contributed by atoms with Gasteiger partial charge in [-0.2, -0.15) is 0 Å². The predicted molar refractivity (Wildman–Crippen MR) is 129 cm³/mol. The van der Waals surface area contributed by atoms with E-state index in [1.165, 1.54) is 0 Å². The van der Waals surface area contributed by atoms with Crippen molar-refractivity contribution < 1.29 is 14.3 Å². The highest BCUT2D eigenvalue weighted by atomic mass is 35.5. The van der Waals surface area contributed by atoms with Crippen molar-refractivity contribution in [2.24, 2.45) is 5.92 Å². The normalized spacial score (nSPS) is 23.2. The van der Waals surface area contributed by atoms with E-state index in [0.29, 0.717) is 22.1 Å². The summed E-state index contributed by atoms with van der Waals surface area (Å²) >= 11 is 5.99. The van der Waals surface area contributed by atoms with Crippen molar-refractivity contribution in [3.63, 3.8) is 0 Å². The van der Waals surface area contributed by atoms with Crippen molar-refractivity contribution in [2.45, 2.75) is 32.0 Å². The first kappa shape index (κ1) is 21.3. The van der Waals surface area contributed by atoms with Crippen molar-refractivity contribution in [3.8, 4) is 5.75 Å². The average Bonchev–Trinajstić information content (AvgIpc) is 2.80. The van der Waals surface area contributed by atoms with Crippen LogP contribution in [0.2, 0.25) is 5.02 Å². The highest BCUT2D eigenvalue weighted by Gasteiger charge is 2.60. The minimum atomic E-state index is -1.24. The second kappa shape index (κ2) is 8.12. The standard InChI is InChI=1S/C26H24ClN3O3/c1-3-16-8-14-19(15-9-16)30-25(32)29-23-20-6-4-5-7-21(20)33-26(30,2)22(23)24(31)28-18-12-10-17(27)11-13-18/h4-15,22-23H,3H2,1-2H3,(H,28,31)(H,29,32). The molecule has 5 rings (SSSR count). The van der Waals surface area contributed by atoms with Crippen LogP contribution in [0.25, 0.3) is 0 Å². The van der Waals surface area contributed by atoms with Crippen LogP contribution in [-0.2, 0) is 11.2 Å². The largest absolute Gasteiger partial charge is 0.466 e. The van der Waals surface area contributed by atoms with Crippen LogP contribution in [0.1, 0.15) is 31.0 Å². The Hall–Kier alpha value is -3.51. The molecule has 168 valence electrons. The number of anilines is 2. The van der Waals surface area contributed by atoms with Crippen LogP contribution in [0.5, 0.6) is 5.75 Å². The summed E-state index contributed by atoms with van der Waals surface area (Å²) in [5, 5.41) is 6.61. The minimum Gasteiger partial charge on any atom is -0.466 e. The smallest absolute Gasteiger partial charge is 0.325 e.